The largest absolute Gasteiger partial charge is 0.469 e. The highest BCUT2D eigenvalue weighted by atomic mass is 127. The molecule has 28 heavy (non-hydrogen) atoms. The van der Waals surface area contributed by atoms with Crippen LogP contribution in [0, 0.1) is 6.92 Å². The summed E-state index contributed by atoms with van der Waals surface area (Å²) in [7, 11) is 0. The molecule has 150 valence electrons. The summed E-state index contributed by atoms with van der Waals surface area (Å²) in [6, 6.07) is 14.5. The molecule has 3 rings (SSSR count). The van der Waals surface area contributed by atoms with Gasteiger partial charge in [0.25, 0.3) is 0 Å². The summed E-state index contributed by atoms with van der Waals surface area (Å²) in [5, 5.41) is 8.04. The van der Waals surface area contributed by atoms with E-state index < -0.39 is 0 Å². The molecule has 5 nitrogen and oxygen atoms in total. The number of thiazole rings is 1. The van der Waals surface area contributed by atoms with Gasteiger partial charge in [-0.15, -0.1) is 35.3 Å². The van der Waals surface area contributed by atoms with Gasteiger partial charge in [-0.25, -0.2) is 4.98 Å². The van der Waals surface area contributed by atoms with Crippen molar-refractivity contribution in [2.75, 3.05) is 13.1 Å². The number of rotatable bonds is 8. The lowest BCUT2D eigenvalue weighted by Crippen LogP contribution is -2.40. The van der Waals surface area contributed by atoms with Crippen LogP contribution in [-0.2, 0) is 12.8 Å². The SMILES string of the molecule is Cc1cnc(CCN=C(NCCc2ccco2)NC(C)c2ccccc2)s1.I. The first-order valence-electron chi connectivity index (χ1n) is 9.24. The van der Waals surface area contributed by atoms with Crippen molar-refractivity contribution in [3.8, 4) is 0 Å². The number of benzene rings is 1. The van der Waals surface area contributed by atoms with E-state index in [-0.39, 0.29) is 30.0 Å². The van der Waals surface area contributed by atoms with Crippen molar-refractivity contribution in [1.82, 2.24) is 15.6 Å². The van der Waals surface area contributed by atoms with Crippen molar-refractivity contribution in [3.63, 3.8) is 0 Å². The number of aromatic nitrogens is 1. The van der Waals surface area contributed by atoms with E-state index in [9.17, 15) is 0 Å². The van der Waals surface area contributed by atoms with Crippen LogP contribution in [0.25, 0.3) is 0 Å². The van der Waals surface area contributed by atoms with E-state index in [0.29, 0.717) is 6.54 Å². The average molecular weight is 510 g/mol. The molecule has 3 aromatic rings. The van der Waals surface area contributed by atoms with Crippen LogP contribution in [0.15, 0.2) is 64.3 Å². The summed E-state index contributed by atoms with van der Waals surface area (Å²) < 4.78 is 5.40. The van der Waals surface area contributed by atoms with Gasteiger partial charge in [-0.05, 0) is 31.5 Å². The van der Waals surface area contributed by atoms with E-state index in [1.54, 1.807) is 17.6 Å². The molecule has 0 spiro atoms. The number of guanidine groups is 1. The predicted octanol–water partition coefficient (Wildman–Crippen LogP) is 4.74. The second-order valence-corrected chi connectivity index (χ2v) is 7.70. The lowest BCUT2D eigenvalue weighted by Gasteiger charge is -2.18. The molecule has 0 aliphatic rings. The molecule has 2 N–H and O–H groups in total. The van der Waals surface area contributed by atoms with Crippen molar-refractivity contribution < 1.29 is 4.42 Å². The zero-order valence-electron chi connectivity index (χ0n) is 16.2. The van der Waals surface area contributed by atoms with Gasteiger partial charge >= 0.3 is 0 Å². The molecule has 0 aliphatic heterocycles. The highest BCUT2D eigenvalue weighted by Gasteiger charge is 2.08. The minimum atomic E-state index is 0. The fraction of sp³-hybridized carbons (Fsp3) is 0.333. The number of halogens is 1. The highest BCUT2D eigenvalue weighted by molar-refractivity contribution is 14.0. The van der Waals surface area contributed by atoms with E-state index in [1.807, 2.05) is 24.4 Å². The van der Waals surface area contributed by atoms with Gasteiger partial charge in [0.2, 0.25) is 0 Å². The second kappa shape index (κ2) is 11.9. The van der Waals surface area contributed by atoms with Crippen LogP contribution in [0.5, 0.6) is 0 Å². The second-order valence-electron chi connectivity index (χ2n) is 6.38. The standard InChI is InChI=1S/C21H26N4OS.HI/c1-16-15-24-20(27-16)11-13-23-21(22-12-10-19-9-6-14-26-19)25-17(2)18-7-4-3-5-8-18;/h3-9,14-15,17H,10-13H2,1-2H3,(H2,22,23,25);1H. The topological polar surface area (TPSA) is 62.5 Å². The molecule has 0 bridgehead atoms. The first-order chi connectivity index (χ1) is 13.2. The molecule has 2 heterocycles. The average Bonchev–Trinajstić information content (AvgIpc) is 3.34. The minimum absolute atomic E-state index is 0. The van der Waals surface area contributed by atoms with Crippen molar-refractivity contribution in [2.24, 2.45) is 4.99 Å². The Morgan fingerprint density at radius 1 is 1.18 bits per heavy atom. The third kappa shape index (κ3) is 7.27. The Hall–Kier alpha value is -1.87. The first kappa shape index (κ1) is 22.4. The highest BCUT2D eigenvalue weighted by Crippen LogP contribution is 2.12. The van der Waals surface area contributed by atoms with Crippen LogP contribution < -0.4 is 10.6 Å². The van der Waals surface area contributed by atoms with Gasteiger partial charge in [-0.2, -0.15) is 0 Å². The third-order valence-corrected chi connectivity index (χ3v) is 5.13. The smallest absolute Gasteiger partial charge is 0.191 e. The van der Waals surface area contributed by atoms with E-state index >= 15 is 0 Å². The Bertz CT molecular complexity index is 833. The van der Waals surface area contributed by atoms with Crippen LogP contribution in [0.2, 0.25) is 0 Å². The van der Waals surface area contributed by atoms with Gasteiger partial charge in [0.15, 0.2) is 5.96 Å². The first-order valence-corrected chi connectivity index (χ1v) is 10.1. The van der Waals surface area contributed by atoms with Gasteiger partial charge in [-0.3, -0.25) is 4.99 Å². The molecule has 1 atom stereocenters. The predicted molar refractivity (Wildman–Crippen MR) is 127 cm³/mol. The van der Waals surface area contributed by atoms with Crippen LogP contribution in [-0.4, -0.2) is 24.0 Å². The Kier molecular flexibility index (Phi) is 9.49. The van der Waals surface area contributed by atoms with Crippen LogP contribution >= 0.6 is 35.3 Å². The third-order valence-electron chi connectivity index (χ3n) is 4.16. The Balaban J connectivity index is 0.00000280. The molecule has 0 saturated heterocycles. The number of aliphatic imine (C=N–C) groups is 1. The zero-order chi connectivity index (χ0) is 18.9. The Labute approximate surface area is 187 Å². The zero-order valence-corrected chi connectivity index (χ0v) is 19.4. The lowest BCUT2D eigenvalue weighted by molar-refractivity contribution is 0.506. The number of nitrogens with one attached hydrogen (secondary N) is 2. The fourth-order valence-corrected chi connectivity index (χ4v) is 3.50. The monoisotopic (exact) mass is 510 g/mol. The van der Waals surface area contributed by atoms with Crippen LogP contribution in [0.1, 0.15) is 34.2 Å². The Morgan fingerprint density at radius 2 is 2.00 bits per heavy atom. The van der Waals surface area contributed by atoms with Gasteiger partial charge < -0.3 is 15.1 Å². The van der Waals surface area contributed by atoms with E-state index in [1.165, 1.54) is 10.4 Å². The molecule has 0 fully saturated rings. The molecule has 0 saturated carbocycles. The fourth-order valence-electron chi connectivity index (χ4n) is 2.72. The lowest BCUT2D eigenvalue weighted by atomic mass is 10.1. The molecular formula is C21H27IN4OS. The van der Waals surface area contributed by atoms with Crippen molar-refractivity contribution in [2.45, 2.75) is 32.7 Å². The molecule has 0 aliphatic carbocycles. The van der Waals surface area contributed by atoms with Crippen LogP contribution in [0.4, 0.5) is 0 Å². The number of hydrogen-bond donors (Lipinski definition) is 2. The molecular weight excluding hydrogens is 483 g/mol. The van der Waals surface area contributed by atoms with Gasteiger partial charge in [0.1, 0.15) is 5.76 Å². The quantitative estimate of drug-likeness (QED) is 0.261. The van der Waals surface area contributed by atoms with E-state index in [0.717, 1.165) is 36.1 Å². The number of nitrogens with zero attached hydrogens (tertiary/aromatic N) is 2. The normalized spacial score (nSPS) is 12.3. The molecule has 1 aromatic carbocycles. The van der Waals surface area contributed by atoms with Gasteiger partial charge in [0, 0.05) is 37.0 Å². The van der Waals surface area contributed by atoms with Gasteiger partial charge in [0.05, 0.1) is 17.3 Å². The Morgan fingerprint density at radius 3 is 2.68 bits per heavy atom. The van der Waals surface area contributed by atoms with Crippen LogP contribution in [0.3, 0.4) is 0 Å². The molecule has 0 amide bonds. The summed E-state index contributed by atoms with van der Waals surface area (Å²) in [5.41, 5.74) is 1.23. The minimum Gasteiger partial charge on any atom is -0.469 e. The van der Waals surface area contributed by atoms with Crippen molar-refractivity contribution in [1.29, 1.82) is 0 Å². The molecule has 0 radical (unpaired) electrons. The summed E-state index contributed by atoms with van der Waals surface area (Å²) in [4.78, 5) is 10.4. The summed E-state index contributed by atoms with van der Waals surface area (Å²) in [6.07, 6.45) is 5.29. The molecule has 7 heteroatoms. The van der Waals surface area contributed by atoms with Crippen molar-refractivity contribution >= 4 is 41.3 Å². The van der Waals surface area contributed by atoms with E-state index in [2.05, 4.69) is 53.7 Å². The molecule has 2 aromatic heterocycles. The number of furan rings is 1. The van der Waals surface area contributed by atoms with E-state index in [4.69, 9.17) is 9.41 Å². The summed E-state index contributed by atoms with van der Waals surface area (Å²) in [6.45, 7) is 5.68. The maximum Gasteiger partial charge on any atom is 0.191 e. The summed E-state index contributed by atoms with van der Waals surface area (Å²) in [5.74, 6) is 1.78. The molecule has 1 unspecified atom stereocenters. The maximum atomic E-state index is 5.40. The van der Waals surface area contributed by atoms with Crippen molar-refractivity contribution in [3.05, 3.63) is 76.1 Å². The number of aryl methyl sites for hydroxylation is 1. The number of hydrogen-bond acceptors (Lipinski definition) is 4. The van der Waals surface area contributed by atoms with Gasteiger partial charge in [-0.1, -0.05) is 30.3 Å². The maximum absolute atomic E-state index is 5.40. The summed E-state index contributed by atoms with van der Waals surface area (Å²) >= 11 is 1.73.